The molecule has 2 heterocycles. The maximum absolute atomic E-state index is 12.6. The Morgan fingerprint density at radius 2 is 1.31 bits per heavy atom. The van der Waals surface area contributed by atoms with E-state index in [-0.39, 0.29) is 5.56 Å². The lowest BCUT2D eigenvalue weighted by atomic mass is 10.0. The van der Waals surface area contributed by atoms with E-state index in [2.05, 4.69) is 24.5 Å². The van der Waals surface area contributed by atoms with Crippen molar-refractivity contribution in [2.75, 3.05) is 7.11 Å². The third-order valence-electron chi connectivity index (χ3n) is 8.48. The summed E-state index contributed by atoms with van der Waals surface area (Å²) in [4.78, 5) is 23.4. The van der Waals surface area contributed by atoms with Crippen LogP contribution in [0.25, 0.3) is 44.1 Å². The van der Waals surface area contributed by atoms with Crippen molar-refractivity contribution in [2.45, 2.75) is 58.8 Å². The Kier molecular flexibility index (Phi) is 10.9. The number of carbonyl (C=O) groups excluding carboxylic acids is 1. The molecule has 49 heavy (non-hydrogen) atoms. The number of aryl methyl sites for hydroxylation is 2. The molecule has 0 bridgehead atoms. The number of rotatable bonds is 11. The zero-order chi connectivity index (χ0) is 35.1. The van der Waals surface area contributed by atoms with E-state index in [1.165, 1.54) is 12.1 Å². The third-order valence-corrected chi connectivity index (χ3v) is 8.48. The Balaban J connectivity index is 0.000000192. The van der Waals surface area contributed by atoms with Crippen molar-refractivity contribution >= 4 is 33.6 Å². The first kappa shape index (κ1) is 35.0. The summed E-state index contributed by atoms with van der Waals surface area (Å²) in [6.07, 6.45) is 3.52. The molecule has 0 aliphatic rings. The van der Waals surface area contributed by atoms with Gasteiger partial charge in [0.15, 0.2) is 0 Å². The number of carboxylic acid groups (broad SMARTS) is 1. The molecule has 2 aromatic heterocycles. The van der Waals surface area contributed by atoms with Crippen LogP contribution in [0.2, 0.25) is 0 Å². The molecular weight excluding hydrogens is 629 g/mol. The summed E-state index contributed by atoms with van der Waals surface area (Å²) in [6.45, 7) is 5.95. The summed E-state index contributed by atoms with van der Waals surface area (Å²) in [5, 5.41) is 10.8. The van der Waals surface area contributed by atoms with E-state index < -0.39 is 23.5 Å². The van der Waals surface area contributed by atoms with E-state index in [0.29, 0.717) is 5.39 Å². The molecule has 0 aliphatic carbocycles. The van der Waals surface area contributed by atoms with Gasteiger partial charge >= 0.3 is 12.1 Å². The molecule has 0 atom stereocenters. The average Bonchev–Trinajstić information content (AvgIpc) is 3.69. The van der Waals surface area contributed by atoms with Crippen LogP contribution in [0, 0.1) is 6.07 Å². The van der Waals surface area contributed by atoms with E-state index in [9.17, 15) is 22.8 Å². The first-order chi connectivity index (χ1) is 23.5. The number of fused-ring (bicyclic) bond motifs is 2. The quantitative estimate of drug-likeness (QED) is 0.110. The van der Waals surface area contributed by atoms with Crippen molar-refractivity contribution in [3.63, 3.8) is 0 Å². The van der Waals surface area contributed by atoms with Crippen molar-refractivity contribution in [2.24, 2.45) is 0 Å². The fourth-order valence-electron chi connectivity index (χ4n) is 5.73. The van der Waals surface area contributed by atoms with Gasteiger partial charge in [-0.2, -0.15) is 13.2 Å². The molecule has 6 nitrogen and oxygen atoms in total. The summed E-state index contributed by atoms with van der Waals surface area (Å²) in [5.74, 6) is -1.55. The van der Waals surface area contributed by atoms with Crippen LogP contribution in [0.1, 0.15) is 55.5 Å². The number of alkyl halides is 3. The second-order valence-electron chi connectivity index (χ2n) is 11.8. The highest BCUT2D eigenvalue weighted by molar-refractivity contribution is 6.42. The van der Waals surface area contributed by atoms with Gasteiger partial charge in [-0.05, 0) is 83.6 Å². The van der Waals surface area contributed by atoms with Crippen molar-refractivity contribution in [1.82, 2.24) is 9.13 Å². The number of ketones is 1. The number of hydrogen-bond donors (Lipinski definition) is 1. The van der Waals surface area contributed by atoms with Crippen LogP contribution in [0.15, 0.2) is 97.3 Å². The molecule has 0 fully saturated rings. The minimum atomic E-state index is -4.30. The maximum Gasteiger partial charge on any atom is 0.416 e. The van der Waals surface area contributed by atoms with E-state index in [1.807, 2.05) is 71.4 Å². The van der Waals surface area contributed by atoms with Crippen LogP contribution >= 0.6 is 0 Å². The van der Waals surface area contributed by atoms with Gasteiger partial charge in [0.05, 0.1) is 18.2 Å². The summed E-state index contributed by atoms with van der Waals surface area (Å²) >= 11 is 0. The van der Waals surface area contributed by atoms with Gasteiger partial charge in [-0.1, -0.05) is 63.1 Å². The largest absolute Gasteiger partial charge is 0.497 e. The Hall–Kier alpha value is -5.31. The van der Waals surface area contributed by atoms with Gasteiger partial charge in [-0.3, -0.25) is 4.79 Å². The van der Waals surface area contributed by atoms with E-state index >= 15 is 0 Å². The lowest BCUT2D eigenvalue weighted by Crippen LogP contribution is -2.12. The summed E-state index contributed by atoms with van der Waals surface area (Å²) in [5.41, 5.74) is 5.16. The van der Waals surface area contributed by atoms with Gasteiger partial charge in [0.2, 0.25) is 0 Å². The number of benzene rings is 4. The summed E-state index contributed by atoms with van der Waals surface area (Å²) in [7, 11) is 1.61. The smallest absolute Gasteiger partial charge is 0.416 e. The highest BCUT2D eigenvalue weighted by Gasteiger charge is 2.30. The molecule has 6 rings (SSSR count). The lowest BCUT2D eigenvalue weighted by molar-refractivity contribution is -0.137. The Labute approximate surface area is 283 Å². The number of methoxy groups -OCH3 is 1. The van der Waals surface area contributed by atoms with Gasteiger partial charge in [-0.15, -0.1) is 0 Å². The second kappa shape index (κ2) is 15.3. The minimum absolute atomic E-state index is 0.235. The predicted octanol–water partition coefficient (Wildman–Crippen LogP) is 10.3. The van der Waals surface area contributed by atoms with Crippen LogP contribution in [-0.4, -0.2) is 33.1 Å². The highest BCUT2D eigenvalue weighted by atomic mass is 19.4. The summed E-state index contributed by atoms with van der Waals surface area (Å²) in [6, 6.07) is 27.9. The van der Waals surface area contributed by atoms with Crippen LogP contribution in [0.3, 0.4) is 0 Å². The zero-order valence-corrected chi connectivity index (χ0v) is 27.7. The molecule has 0 unspecified atom stereocenters. The molecule has 1 radical (unpaired) electrons. The monoisotopic (exact) mass is 667 g/mol. The molecule has 253 valence electrons. The highest BCUT2D eigenvalue weighted by Crippen LogP contribution is 2.32. The molecule has 4 aromatic carbocycles. The van der Waals surface area contributed by atoms with E-state index in [0.717, 1.165) is 95.3 Å². The Bertz CT molecular complexity index is 2060. The van der Waals surface area contributed by atoms with Gasteiger partial charge < -0.3 is 19.0 Å². The standard InChI is InChI=1S/C21H21NO4.C19H17F3N/c1-3-4-11-22-13-18(20(23)21(24)25)17-12-15(7-10-19(17)22)14-5-8-16(26-2)9-6-14;1-2-3-11-23-12-10-16-13-15(6-9-18(16)23)14-4-7-17(8-5-14)19(20,21)22/h5-10,12-13H,3-4,11H2,1-2H3,(H,24,25);4-9,12-13H,2-3,11H2,1H3. The maximum atomic E-state index is 12.6. The number of Topliss-reactive ketones (excluding diaryl/α,β-unsaturated/α-hetero) is 1. The molecule has 9 heteroatoms. The Morgan fingerprint density at radius 3 is 1.88 bits per heavy atom. The first-order valence-corrected chi connectivity index (χ1v) is 16.3. The van der Waals surface area contributed by atoms with Crippen LogP contribution in [0.4, 0.5) is 13.2 Å². The molecule has 0 aliphatic heterocycles. The SMILES string of the molecule is CCCCn1c[c]c2cc(-c3ccc(C(F)(F)F)cc3)ccc21.CCCCn1cc(C(=O)C(=O)O)c2cc(-c3ccc(OC)cc3)ccc21. The number of carbonyl (C=O) groups is 2. The van der Waals surface area contributed by atoms with Gasteiger partial charge in [0, 0.05) is 53.4 Å². The fourth-order valence-corrected chi connectivity index (χ4v) is 5.73. The number of hydrogen-bond acceptors (Lipinski definition) is 3. The number of unbranched alkanes of at least 4 members (excludes halogenated alkanes) is 2. The number of carboxylic acids is 1. The zero-order valence-electron chi connectivity index (χ0n) is 27.7. The average molecular weight is 668 g/mol. The topological polar surface area (TPSA) is 73.5 Å². The number of aromatic nitrogens is 2. The van der Waals surface area contributed by atoms with Crippen molar-refractivity contribution in [3.05, 3.63) is 115 Å². The van der Waals surface area contributed by atoms with Crippen LogP contribution in [0.5, 0.6) is 5.75 Å². The molecular formula is C40H38F3N2O4. The molecule has 0 spiro atoms. The van der Waals surface area contributed by atoms with Crippen molar-refractivity contribution in [1.29, 1.82) is 0 Å². The van der Waals surface area contributed by atoms with Gasteiger partial charge in [0.25, 0.3) is 5.78 Å². The first-order valence-electron chi connectivity index (χ1n) is 16.3. The van der Waals surface area contributed by atoms with Gasteiger partial charge in [0.1, 0.15) is 5.75 Å². The molecule has 0 amide bonds. The normalized spacial score (nSPS) is 11.4. The molecule has 1 N–H and O–H groups in total. The third kappa shape index (κ3) is 8.05. The number of ether oxygens (including phenoxy) is 1. The molecule has 0 saturated heterocycles. The van der Waals surface area contributed by atoms with Crippen LogP contribution < -0.4 is 4.74 Å². The summed E-state index contributed by atoms with van der Waals surface area (Å²) < 4.78 is 47.2. The molecule has 0 saturated carbocycles. The second-order valence-corrected chi connectivity index (χ2v) is 11.8. The fraction of sp³-hybridized carbons (Fsp3) is 0.250. The van der Waals surface area contributed by atoms with Crippen molar-refractivity contribution < 1.29 is 32.6 Å². The predicted molar refractivity (Wildman–Crippen MR) is 187 cm³/mol. The number of halogens is 3. The minimum Gasteiger partial charge on any atom is -0.497 e. The van der Waals surface area contributed by atoms with E-state index in [1.54, 1.807) is 13.3 Å². The van der Waals surface area contributed by atoms with Crippen molar-refractivity contribution in [3.8, 4) is 28.0 Å². The van der Waals surface area contributed by atoms with E-state index in [4.69, 9.17) is 9.84 Å². The molecule has 6 aromatic rings. The Morgan fingerprint density at radius 1 is 0.755 bits per heavy atom. The van der Waals surface area contributed by atoms with Crippen LogP contribution in [-0.2, 0) is 24.1 Å². The number of aliphatic carboxylic acids is 1. The lowest BCUT2D eigenvalue weighted by Gasteiger charge is -2.08. The van der Waals surface area contributed by atoms with Gasteiger partial charge in [-0.25, -0.2) is 4.79 Å². The number of nitrogens with zero attached hydrogens (tertiary/aromatic N) is 2.